The van der Waals surface area contributed by atoms with E-state index < -0.39 is 0 Å². The first kappa shape index (κ1) is 23.4. The van der Waals surface area contributed by atoms with Gasteiger partial charge in [0, 0.05) is 16.8 Å². The van der Waals surface area contributed by atoms with Gasteiger partial charge in [0.15, 0.2) is 5.58 Å². The molecule has 0 saturated heterocycles. The standard InChI is InChI=1S/C31H28N2O3/c1-3-21(2)24-14-17-29-28(19-24)33-31(36-29)25-10-7-11-26(18-25)32-30(34)23-12-15-27(16-13-23)35-20-22-8-5-4-6-9-22/h4-19,21H,3,20H2,1-2H3,(H,32,34)/t21-/m1/s1. The van der Waals surface area contributed by atoms with Crippen molar-refractivity contribution >= 4 is 22.7 Å². The van der Waals surface area contributed by atoms with Crippen LogP contribution in [0.5, 0.6) is 5.75 Å². The molecule has 0 saturated carbocycles. The third-order valence-corrected chi connectivity index (χ3v) is 6.33. The molecule has 180 valence electrons. The lowest BCUT2D eigenvalue weighted by molar-refractivity contribution is 0.102. The van der Waals surface area contributed by atoms with Gasteiger partial charge in [-0.3, -0.25) is 4.79 Å². The molecule has 5 heteroatoms. The fraction of sp³-hybridized carbons (Fsp3) is 0.161. The van der Waals surface area contributed by atoms with Gasteiger partial charge in [-0.05, 0) is 78.1 Å². The summed E-state index contributed by atoms with van der Waals surface area (Å²) in [4.78, 5) is 17.5. The minimum absolute atomic E-state index is 0.197. The normalized spacial score (nSPS) is 11.8. The smallest absolute Gasteiger partial charge is 0.255 e. The van der Waals surface area contributed by atoms with E-state index in [2.05, 4.69) is 31.3 Å². The van der Waals surface area contributed by atoms with Gasteiger partial charge in [-0.1, -0.05) is 56.3 Å². The molecule has 0 spiro atoms. The van der Waals surface area contributed by atoms with Crippen LogP contribution in [0.2, 0.25) is 0 Å². The summed E-state index contributed by atoms with van der Waals surface area (Å²) in [5.41, 5.74) is 5.96. The molecule has 5 nitrogen and oxygen atoms in total. The molecule has 1 amide bonds. The van der Waals surface area contributed by atoms with Gasteiger partial charge < -0.3 is 14.5 Å². The molecule has 1 aromatic heterocycles. The molecule has 36 heavy (non-hydrogen) atoms. The van der Waals surface area contributed by atoms with Crippen molar-refractivity contribution in [3.05, 3.63) is 114 Å². The molecule has 0 aliphatic rings. The Bertz CT molecular complexity index is 1470. The van der Waals surface area contributed by atoms with Crippen LogP contribution in [-0.2, 0) is 6.61 Å². The third-order valence-electron chi connectivity index (χ3n) is 6.33. The van der Waals surface area contributed by atoms with Crippen LogP contribution in [0.25, 0.3) is 22.6 Å². The molecule has 0 aliphatic carbocycles. The van der Waals surface area contributed by atoms with Gasteiger partial charge in [0.25, 0.3) is 5.91 Å². The topological polar surface area (TPSA) is 64.4 Å². The Morgan fingerprint density at radius 1 is 0.944 bits per heavy atom. The summed E-state index contributed by atoms with van der Waals surface area (Å²) in [7, 11) is 0. The van der Waals surface area contributed by atoms with E-state index in [0.29, 0.717) is 35.4 Å². The highest BCUT2D eigenvalue weighted by Crippen LogP contribution is 2.29. The zero-order valence-corrected chi connectivity index (χ0v) is 20.4. The summed E-state index contributed by atoms with van der Waals surface area (Å²) in [6.45, 7) is 4.87. The molecule has 0 bridgehead atoms. The van der Waals surface area contributed by atoms with Crippen molar-refractivity contribution < 1.29 is 13.9 Å². The van der Waals surface area contributed by atoms with Crippen LogP contribution in [-0.4, -0.2) is 10.9 Å². The number of anilines is 1. The van der Waals surface area contributed by atoms with Gasteiger partial charge in [0.2, 0.25) is 5.89 Å². The van der Waals surface area contributed by atoms with Gasteiger partial charge >= 0.3 is 0 Å². The van der Waals surface area contributed by atoms with Crippen molar-refractivity contribution in [1.82, 2.24) is 4.98 Å². The molecule has 0 unspecified atom stereocenters. The Balaban J connectivity index is 1.26. The summed E-state index contributed by atoms with van der Waals surface area (Å²) in [6.07, 6.45) is 1.07. The average molecular weight is 477 g/mol. The summed E-state index contributed by atoms with van der Waals surface area (Å²) < 4.78 is 11.8. The minimum Gasteiger partial charge on any atom is -0.489 e. The highest BCUT2D eigenvalue weighted by molar-refractivity contribution is 6.04. The van der Waals surface area contributed by atoms with Crippen LogP contribution in [0, 0.1) is 0 Å². The number of amides is 1. The molecule has 5 rings (SSSR count). The Hall–Kier alpha value is -4.38. The van der Waals surface area contributed by atoms with E-state index in [-0.39, 0.29) is 5.91 Å². The summed E-state index contributed by atoms with van der Waals surface area (Å²) >= 11 is 0. The molecule has 1 atom stereocenters. The van der Waals surface area contributed by atoms with Gasteiger partial charge in [-0.25, -0.2) is 4.98 Å². The van der Waals surface area contributed by atoms with E-state index >= 15 is 0 Å². The predicted molar refractivity (Wildman–Crippen MR) is 143 cm³/mol. The largest absolute Gasteiger partial charge is 0.489 e. The summed E-state index contributed by atoms with van der Waals surface area (Å²) in [6, 6.07) is 30.8. The zero-order chi connectivity index (χ0) is 24.9. The number of ether oxygens (including phenoxy) is 1. The number of hydrogen-bond donors (Lipinski definition) is 1. The molecule has 4 aromatic carbocycles. The first-order chi connectivity index (χ1) is 17.6. The van der Waals surface area contributed by atoms with Crippen molar-refractivity contribution in [2.24, 2.45) is 0 Å². The number of nitrogens with one attached hydrogen (secondary N) is 1. The number of benzene rings is 4. The van der Waals surface area contributed by atoms with E-state index in [1.165, 1.54) is 5.56 Å². The number of nitrogens with zero attached hydrogens (tertiary/aromatic N) is 1. The van der Waals surface area contributed by atoms with Crippen LogP contribution in [0.1, 0.15) is 47.7 Å². The van der Waals surface area contributed by atoms with Gasteiger partial charge in [0.05, 0.1) is 0 Å². The van der Waals surface area contributed by atoms with Crippen LogP contribution in [0.15, 0.2) is 101 Å². The number of aromatic nitrogens is 1. The van der Waals surface area contributed by atoms with Crippen molar-refractivity contribution in [2.45, 2.75) is 32.8 Å². The second kappa shape index (κ2) is 10.5. The van der Waals surface area contributed by atoms with Crippen LogP contribution in [0.3, 0.4) is 0 Å². The molecule has 1 heterocycles. The van der Waals surface area contributed by atoms with Gasteiger partial charge in [0.1, 0.15) is 17.9 Å². The molecule has 5 aromatic rings. The number of carbonyl (C=O) groups is 1. The lowest BCUT2D eigenvalue weighted by atomic mass is 9.98. The number of carbonyl (C=O) groups excluding carboxylic acids is 1. The van der Waals surface area contributed by atoms with Gasteiger partial charge in [-0.15, -0.1) is 0 Å². The second-order valence-electron chi connectivity index (χ2n) is 8.89. The first-order valence-electron chi connectivity index (χ1n) is 12.2. The first-order valence-corrected chi connectivity index (χ1v) is 12.2. The van der Waals surface area contributed by atoms with Crippen molar-refractivity contribution in [3.63, 3.8) is 0 Å². The number of fused-ring (bicyclic) bond motifs is 1. The molecular formula is C31H28N2O3. The maximum atomic E-state index is 12.8. The fourth-order valence-electron chi connectivity index (χ4n) is 3.99. The maximum Gasteiger partial charge on any atom is 0.255 e. The SMILES string of the molecule is CC[C@@H](C)c1ccc2oc(-c3cccc(NC(=O)c4ccc(OCc5ccccc5)cc4)c3)nc2c1. The lowest BCUT2D eigenvalue weighted by Gasteiger charge is -2.09. The molecule has 0 radical (unpaired) electrons. The Morgan fingerprint density at radius 2 is 1.75 bits per heavy atom. The monoisotopic (exact) mass is 476 g/mol. The number of rotatable bonds is 8. The highest BCUT2D eigenvalue weighted by Gasteiger charge is 2.13. The van der Waals surface area contributed by atoms with E-state index in [4.69, 9.17) is 14.1 Å². The maximum absolute atomic E-state index is 12.8. The molecule has 1 N–H and O–H groups in total. The minimum atomic E-state index is -0.197. The van der Waals surface area contributed by atoms with Crippen LogP contribution in [0.4, 0.5) is 5.69 Å². The van der Waals surface area contributed by atoms with E-state index in [1.807, 2.05) is 60.7 Å². The second-order valence-corrected chi connectivity index (χ2v) is 8.89. The zero-order valence-electron chi connectivity index (χ0n) is 20.4. The molecule has 0 aliphatic heterocycles. The quantitative estimate of drug-likeness (QED) is 0.248. The van der Waals surface area contributed by atoms with Crippen LogP contribution < -0.4 is 10.1 Å². The number of hydrogen-bond acceptors (Lipinski definition) is 4. The van der Waals surface area contributed by atoms with Crippen LogP contribution >= 0.6 is 0 Å². The van der Waals surface area contributed by atoms with Crippen molar-refractivity contribution in [1.29, 1.82) is 0 Å². The molecule has 0 fully saturated rings. The number of oxazole rings is 1. The Morgan fingerprint density at radius 3 is 2.53 bits per heavy atom. The van der Waals surface area contributed by atoms with Crippen molar-refractivity contribution in [2.75, 3.05) is 5.32 Å². The summed E-state index contributed by atoms with van der Waals surface area (Å²) in [5, 5.41) is 2.96. The predicted octanol–water partition coefficient (Wildman–Crippen LogP) is 7.84. The average Bonchev–Trinajstić information content (AvgIpc) is 3.36. The highest BCUT2D eigenvalue weighted by atomic mass is 16.5. The Kier molecular flexibility index (Phi) is 6.80. The van der Waals surface area contributed by atoms with Crippen molar-refractivity contribution in [3.8, 4) is 17.2 Å². The lowest BCUT2D eigenvalue weighted by Crippen LogP contribution is -2.11. The van der Waals surface area contributed by atoms with E-state index in [1.54, 1.807) is 24.3 Å². The fourth-order valence-corrected chi connectivity index (χ4v) is 3.99. The Labute approximate surface area is 210 Å². The van der Waals surface area contributed by atoms with Gasteiger partial charge in [-0.2, -0.15) is 0 Å². The molecular weight excluding hydrogens is 448 g/mol. The van der Waals surface area contributed by atoms with E-state index in [9.17, 15) is 4.79 Å². The van der Waals surface area contributed by atoms with E-state index in [0.717, 1.165) is 28.6 Å². The summed E-state index contributed by atoms with van der Waals surface area (Å²) in [5.74, 6) is 1.52. The third kappa shape index (κ3) is 5.31.